The van der Waals surface area contributed by atoms with Gasteiger partial charge in [0.15, 0.2) is 10.8 Å². The summed E-state index contributed by atoms with van der Waals surface area (Å²) in [7, 11) is 0. The Hall–Kier alpha value is -3.00. The van der Waals surface area contributed by atoms with Crippen LogP contribution in [0.25, 0.3) is 0 Å². The highest BCUT2D eigenvalue weighted by Crippen LogP contribution is 2.07. The maximum atomic E-state index is 11.8. The molecule has 0 atom stereocenters. The standard InChI is InChI=1S/C15H14ClN5O3/c16-13-12(18-6-7-19-13)14(22)21-11(17)8-20-15(23)24-9-10-4-2-1-3-5-10/h1-7H,8-9H2,(H,20,23)(H2,17,21,22). The lowest BCUT2D eigenvalue weighted by Crippen LogP contribution is -2.40. The van der Waals surface area contributed by atoms with Gasteiger partial charge in [0.2, 0.25) is 0 Å². The van der Waals surface area contributed by atoms with E-state index in [1.807, 2.05) is 30.3 Å². The number of rotatable bonds is 5. The van der Waals surface area contributed by atoms with E-state index in [1.54, 1.807) is 0 Å². The summed E-state index contributed by atoms with van der Waals surface area (Å²) in [5, 5.41) is 12.2. The van der Waals surface area contributed by atoms with Crippen LogP contribution in [0.5, 0.6) is 0 Å². The molecular formula is C15H14ClN5O3. The van der Waals surface area contributed by atoms with E-state index < -0.39 is 12.0 Å². The topological polar surface area (TPSA) is 117 Å². The number of benzene rings is 1. The molecule has 2 rings (SSSR count). The second-order valence-electron chi connectivity index (χ2n) is 4.54. The van der Waals surface area contributed by atoms with Crippen LogP contribution in [-0.4, -0.2) is 34.3 Å². The molecule has 0 spiro atoms. The van der Waals surface area contributed by atoms with E-state index in [9.17, 15) is 9.59 Å². The monoisotopic (exact) mass is 347 g/mol. The minimum Gasteiger partial charge on any atom is -0.445 e. The summed E-state index contributed by atoms with van der Waals surface area (Å²) in [6.07, 6.45) is 1.95. The lowest BCUT2D eigenvalue weighted by atomic mass is 10.2. The molecule has 0 bridgehead atoms. The first-order valence-corrected chi connectivity index (χ1v) is 7.24. The highest BCUT2D eigenvalue weighted by atomic mass is 35.5. The Labute approximate surface area is 142 Å². The number of nitrogens with zero attached hydrogens (tertiary/aromatic N) is 2. The number of hydrogen-bond acceptors (Lipinski definition) is 6. The molecule has 0 aliphatic rings. The minimum absolute atomic E-state index is 0.0713. The summed E-state index contributed by atoms with van der Waals surface area (Å²) < 4.78 is 4.98. The van der Waals surface area contributed by atoms with Gasteiger partial charge in [-0.2, -0.15) is 0 Å². The SMILES string of the molecule is N=C(CNC(=O)OCc1ccccc1)NC(=O)c1nccnc1Cl. The van der Waals surface area contributed by atoms with Gasteiger partial charge >= 0.3 is 6.09 Å². The smallest absolute Gasteiger partial charge is 0.407 e. The number of nitrogens with one attached hydrogen (secondary N) is 3. The molecule has 0 saturated carbocycles. The molecule has 3 N–H and O–H groups in total. The predicted octanol–water partition coefficient (Wildman–Crippen LogP) is 1.76. The quantitative estimate of drug-likeness (QED) is 0.562. The summed E-state index contributed by atoms with van der Waals surface area (Å²) in [5.41, 5.74) is 0.740. The van der Waals surface area contributed by atoms with Crippen molar-refractivity contribution in [3.63, 3.8) is 0 Å². The van der Waals surface area contributed by atoms with Gasteiger partial charge in [0.1, 0.15) is 12.4 Å². The van der Waals surface area contributed by atoms with Gasteiger partial charge in [0.05, 0.1) is 6.54 Å². The summed E-state index contributed by atoms with van der Waals surface area (Å²) in [4.78, 5) is 30.9. The number of hydrogen-bond donors (Lipinski definition) is 3. The lowest BCUT2D eigenvalue weighted by Gasteiger charge is -2.09. The molecule has 9 heteroatoms. The number of carbonyl (C=O) groups excluding carboxylic acids is 2. The number of carbonyl (C=O) groups is 2. The number of aromatic nitrogens is 2. The molecule has 0 aliphatic heterocycles. The van der Waals surface area contributed by atoms with Gasteiger partial charge < -0.3 is 15.4 Å². The fraction of sp³-hybridized carbons (Fsp3) is 0.133. The van der Waals surface area contributed by atoms with Crippen LogP contribution in [0.4, 0.5) is 4.79 Å². The third-order valence-electron chi connectivity index (χ3n) is 2.76. The first-order chi connectivity index (χ1) is 11.6. The van der Waals surface area contributed by atoms with Crippen molar-refractivity contribution < 1.29 is 14.3 Å². The van der Waals surface area contributed by atoms with Crippen LogP contribution in [-0.2, 0) is 11.3 Å². The average Bonchev–Trinajstić information content (AvgIpc) is 2.59. The number of alkyl carbamates (subject to hydrolysis) is 1. The second kappa shape index (κ2) is 8.59. The Balaban J connectivity index is 1.73. The normalized spacial score (nSPS) is 9.88. The molecule has 1 heterocycles. The van der Waals surface area contributed by atoms with Crippen LogP contribution in [0.2, 0.25) is 5.15 Å². The Morgan fingerprint density at radius 2 is 1.88 bits per heavy atom. The van der Waals surface area contributed by atoms with Crippen molar-refractivity contribution in [3.8, 4) is 0 Å². The predicted molar refractivity (Wildman–Crippen MR) is 86.9 cm³/mol. The molecule has 2 amide bonds. The van der Waals surface area contributed by atoms with Crippen LogP contribution in [0.1, 0.15) is 16.1 Å². The number of amides is 2. The van der Waals surface area contributed by atoms with Crippen LogP contribution in [0, 0.1) is 5.41 Å². The molecular weight excluding hydrogens is 334 g/mol. The zero-order chi connectivity index (χ0) is 17.4. The molecule has 0 radical (unpaired) electrons. The Kier molecular flexibility index (Phi) is 6.21. The van der Waals surface area contributed by atoms with Gasteiger partial charge in [0, 0.05) is 12.4 Å². The molecule has 1 aromatic heterocycles. The van der Waals surface area contributed by atoms with Crippen LogP contribution >= 0.6 is 11.6 Å². The van der Waals surface area contributed by atoms with Gasteiger partial charge in [-0.05, 0) is 5.56 Å². The number of ether oxygens (including phenoxy) is 1. The lowest BCUT2D eigenvalue weighted by molar-refractivity contribution is 0.0970. The van der Waals surface area contributed by atoms with Gasteiger partial charge in [-0.15, -0.1) is 0 Å². The zero-order valence-corrected chi connectivity index (χ0v) is 13.2. The highest BCUT2D eigenvalue weighted by Gasteiger charge is 2.14. The summed E-state index contributed by atoms with van der Waals surface area (Å²) >= 11 is 5.73. The third kappa shape index (κ3) is 5.33. The maximum absolute atomic E-state index is 11.8. The fourth-order valence-corrected chi connectivity index (χ4v) is 1.84. The van der Waals surface area contributed by atoms with E-state index in [-0.39, 0.29) is 29.8 Å². The van der Waals surface area contributed by atoms with E-state index >= 15 is 0 Å². The second-order valence-corrected chi connectivity index (χ2v) is 4.90. The fourth-order valence-electron chi connectivity index (χ4n) is 1.65. The van der Waals surface area contributed by atoms with E-state index in [0.29, 0.717) is 0 Å². The van der Waals surface area contributed by atoms with E-state index in [1.165, 1.54) is 12.4 Å². The van der Waals surface area contributed by atoms with Crippen molar-refractivity contribution in [2.24, 2.45) is 0 Å². The third-order valence-corrected chi connectivity index (χ3v) is 3.03. The van der Waals surface area contributed by atoms with Gasteiger partial charge in [0.25, 0.3) is 5.91 Å². The van der Waals surface area contributed by atoms with Crippen molar-refractivity contribution in [1.29, 1.82) is 5.41 Å². The first-order valence-electron chi connectivity index (χ1n) is 6.86. The van der Waals surface area contributed by atoms with Crippen molar-refractivity contribution >= 4 is 29.4 Å². The van der Waals surface area contributed by atoms with E-state index in [4.69, 9.17) is 21.7 Å². The summed E-state index contributed by atoms with van der Waals surface area (Å²) in [6, 6.07) is 9.16. The van der Waals surface area contributed by atoms with Crippen LogP contribution < -0.4 is 10.6 Å². The largest absolute Gasteiger partial charge is 0.445 e. The zero-order valence-electron chi connectivity index (χ0n) is 12.5. The molecule has 0 aliphatic carbocycles. The summed E-state index contributed by atoms with van der Waals surface area (Å²) in [5.74, 6) is -0.920. The van der Waals surface area contributed by atoms with E-state index in [2.05, 4.69) is 20.6 Å². The van der Waals surface area contributed by atoms with Crippen LogP contribution in [0.15, 0.2) is 42.7 Å². The molecule has 8 nitrogen and oxygen atoms in total. The summed E-state index contributed by atoms with van der Waals surface area (Å²) in [6.45, 7) is -0.0984. The van der Waals surface area contributed by atoms with Gasteiger partial charge in [-0.25, -0.2) is 14.8 Å². The molecule has 1 aromatic carbocycles. The van der Waals surface area contributed by atoms with Gasteiger partial charge in [-0.3, -0.25) is 10.2 Å². The average molecular weight is 348 g/mol. The Morgan fingerprint density at radius 3 is 2.58 bits per heavy atom. The molecule has 0 saturated heterocycles. The molecule has 24 heavy (non-hydrogen) atoms. The van der Waals surface area contributed by atoms with Crippen molar-refractivity contribution in [2.45, 2.75) is 6.61 Å². The minimum atomic E-state index is -0.699. The van der Waals surface area contributed by atoms with E-state index in [0.717, 1.165) is 5.56 Å². The number of amidine groups is 1. The molecule has 0 unspecified atom stereocenters. The highest BCUT2D eigenvalue weighted by molar-refractivity contribution is 6.32. The molecule has 2 aromatic rings. The Bertz CT molecular complexity index is 739. The van der Waals surface area contributed by atoms with Crippen molar-refractivity contribution in [3.05, 3.63) is 59.1 Å². The molecule has 0 fully saturated rings. The number of halogens is 1. The van der Waals surface area contributed by atoms with Crippen molar-refractivity contribution in [1.82, 2.24) is 20.6 Å². The van der Waals surface area contributed by atoms with Gasteiger partial charge in [-0.1, -0.05) is 41.9 Å². The van der Waals surface area contributed by atoms with Crippen LogP contribution in [0.3, 0.4) is 0 Å². The first kappa shape index (κ1) is 17.4. The maximum Gasteiger partial charge on any atom is 0.407 e. The van der Waals surface area contributed by atoms with Crippen molar-refractivity contribution in [2.75, 3.05) is 6.54 Å². The molecule has 124 valence electrons. The Morgan fingerprint density at radius 1 is 1.17 bits per heavy atom.